The van der Waals surface area contributed by atoms with Crippen molar-refractivity contribution < 1.29 is 29.6 Å². The van der Waals surface area contributed by atoms with Crippen LogP contribution in [-0.4, -0.2) is 55.7 Å². The smallest absolute Gasteiger partial charge is 0.353 e. The van der Waals surface area contributed by atoms with Crippen LogP contribution in [-0.2, 0) is 20.0 Å². The maximum absolute atomic E-state index is 12.0. The summed E-state index contributed by atoms with van der Waals surface area (Å²) in [4.78, 5) is 27.1. The third kappa shape index (κ3) is 3.18. The molecule has 1 aromatic rings. The van der Waals surface area contributed by atoms with E-state index in [2.05, 4.69) is 4.98 Å². The molecule has 0 radical (unpaired) electrons. The van der Waals surface area contributed by atoms with Crippen molar-refractivity contribution in [3.8, 4) is 6.07 Å². The number of aliphatic hydroxyl groups is 3. The lowest BCUT2D eigenvalue weighted by molar-refractivity contribution is -0.155. The van der Waals surface area contributed by atoms with Crippen LogP contribution in [0, 0.1) is 11.3 Å². The molecule has 0 aliphatic carbocycles. The Morgan fingerprint density at radius 1 is 1.62 bits per heavy atom. The SMILES string of the molecule is CC(O)[C@@H](N)C(=O)OC[C@H]1OC(C#N)(n2ccc(N)nc2=O)C(O)=C1O. The highest BCUT2D eigenvalue weighted by Gasteiger charge is 2.52. The van der Waals surface area contributed by atoms with Crippen LogP contribution in [0.15, 0.2) is 28.6 Å². The average molecular weight is 367 g/mol. The van der Waals surface area contributed by atoms with Gasteiger partial charge in [0.2, 0.25) is 5.76 Å². The van der Waals surface area contributed by atoms with Crippen LogP contribution in [0.25, 0.3) is 0 Å². The number of nitrogens with zero attached hydrogens (tertiary/aromatic N) is 3. The largest absolute Gasteiger partial charge is 0.506 e. The number of nitriles is 1. The molecule has 0 saturated carbocycles. The van der Waals surface area contributed by atoms with Crippen LogP contribution in [0.5, 0.6) is 0 Å². The molecule has 4 atom stereocenters. The summed E-state index contributed by atoms with van der Waals surface area (Å²) in [6.07, 6.45) is -1.58. The molecular formula is C14H17N5O7. The number of carbonyl (C=O) groups excluding carboxylic acids is 1. The van der Waals surface area contributed by atoms with Gasteiger partial charge in [-0.3, -0.25) is 9.36 Å². The van der Waals surface area contributed by atoms with Gasteiger partial charge in [0.25, 0.3) is 0 Å². The minimum Gasteiger partial charge on any atom is -0.506 e. The number of nitrogen functional groups attached to an aromatic ring is 1. The van der Waals surface area contributed by atoms with Gasteiger partial charge in [-0.05, 0) is 13.0 Å². The van der Waals surface area contributed by atoms with Gasteiger partial charge in [0.05, 0.1) is 6.10 Å². The van der Waals surface area contributed by atoms with Gasteiger partial charge in [0.1, 0.15) is 24.5 Å². The first-order chi connectivity index (χ1) is 12.1. The monoisotopic (exact) mass is 367 g/mol. The van der Waals surface area contributed by atoms with Crippen molar-refractivity contribution in [2.24, 2.45) is 5.73 Å². The Hall–Kier alpha value is -3.14. The van der Waals surface area contributed by atoms with Crippen LogP contribution in [0.2, 0.25) is 0 Å². The summed E-state index contributed by atoms with van der Waals surface area (Å²) in [5.41, 5.74) is 7.35. The highest BCUT2D eigenvalue weighted by molar-refractivity contribution is 5.76. The normalized spacial score (nSPS) is 24.8. The minimum absolute atomic E-state index is 0.123. The van der Waals surface area contributed by atoms with Crippen LogP contribution in [0.1, 0.15) is 6.92 Å². The molecule has 0 aromatic carbocycles. The lowest BCUT2D eigenvalue weighted by Gasteiger charge is -2.24. The zero-order valence-electron chi connectivity index (χ0n) is 13.6. The number of anilines is 1. The van der Waals surface area contributed by atoms with Crippen LogP contribution >= 0.6 is 0 Å². The van der Waals surface area contributed by atoms with Gasteiger partial charge < -0.3 is 36.3 Å². The lowest BCUT2D eigenvalue weighted by atomic mass is 10.2. The number of aliphatic hydroxyl groups excluding tert-OH is 3. The molecule has 7 N–H and O–H groups in total. The van der Waals surface area contributed by atoms with E-state index < -0.39 is 53.8 Å². The Labute approximate surface area is 146 Å². The number of aromatic nitrogens is 2. The molecule has 26 heavy (non-hydrogen) atoms. The molecule has 0 amide bonds. The van der Waals surface area contributed by atoms with Gasteiger partial charge in [-0.15, -0.1) is 0 Å². The fraction of sp³-hybridized carbons (Fsp3) is 0.429. The fourth-order valence-electron chi connectivity index (χ4n) is 2.17. The Kier molecular flexibility index (Phi) is 5.17. The first kappa shape index (κ1) is 19.2. The Morgan fingerprint density at radius 2 is 2.27 bits per heavy atom. The third-order valence-electron chi connectivity index (χ3n) is 3.67. The van der Waals surface area contributed by atoms with Crippen LogP contribution in [0.3, 0.4) is 0 Å². The van der Waals surface area contributed by atoms with E-state index in [1.165, 1.54) is 13.0 Å². The summed E-state index contributed by atoms with van der Waals surface area (Å²) < 4.78 is 10.7. The number of hydrogen-bond acceptors (Lipinski definition) is 11. The second kappa shape index (κ2) is 7.00. The summed E-state index contributed by atoms with van der Waals surface area (Å²) >= 11 is 0. The molecule has 2 heterocycles. The third-order valence-corrected chi connectivity index (χ3v) is 3.67. The molecule has 2 unspecified atom stereocenters. The number of nitrogens with two attached hydrogens (primary N) is 2. The van der Waals surface area contributed by atoms with E-state index in [4.69, 9.17) is 20.9 Å². The Balaban J connectivity index is 2.27. The number of hydrogen-bond donors (Lipinski definition) is 5. The van der Waals surface area contributed by atoms with Crippen molar-refractivity contribution in [1.29, 1.82) is 5.26 Å². The molecule has 0 spiro atoms. The fourth-order valence-corrected chi connectivity index (χ4v) is 2.17. The number of esters is 1. The second-order valence-corrected chi connectivity index (χ2v) is 5.50. The predicted molar refractivity (Wildman–Crippen MR) is 84.3 cm³/mol. The maximum atomic E-state index is 12.0. The van der Waals surface area contributed by atoms with Gasteiger partial charge in [0.15, 0.2) is 11.9 Å². The van der Waals surface area contributed by atoms with E-state index in [1.807, 2.05) is 0 Å². The Morgan fingerprint density at radius 3 is 2.81 bits per heavy atom. The molecule has 12 nitrogen and oxygen atoms in total. The minimum atomic E-state index is -2.41. The van der Waals surface area contributed by atoms with Crippen LogP contribution in [0.4, 0.5) is 5.82 Å². The quantitative estimate of drug-likeness (QED) is 0.359. The molecule has 0 bridgehead atoms. The van der Waals surface area contributed by atoms with Crippen molar-refractivity contribution in [2.75, 3.05) is 12.3 Å². The van der Waals surface area contributed by atoms with Crippen LogP contribution < -0.4 is 17.2 Å². The van der Waals surface area contributed by atoms with E-state index in [0.717, 1.165) is 6.20 Å². The molecule has 12 heteroatoms. The molecular weight excluding hydrogens is 350 g/mol. The maximum Gasteiger partial charge on any atom is 0.353 e. The molecule has 1 aliphatic heterocycles. The van der Waals surface area contributed by atoms with E-state index in [0.29, 0.717) is 4.57 Å². The second-order valence-electron chi connectivity index (χ2n) is 5.50. The highest BCUT2D eigenvalue weighted by atomic mass is 16.6. The Bertz CT molecular complexity index is 843. The number of rotatable bonds is 5. The van der Waals surface area contributed by atoms with Crippen molar-refractivity contribution in [1.82, 2.24) is 9.55 Å². The van der Waals surface area contributed by atoms with Gasteiger partial charge >= 0.3 is 17.4 Å². The van der Waals surface area contributed by atoms with Crippen molar-refractivity contribution in [3.05, 3.63) is 34.3 Å². The first-order valence-electron chi connectivity index (χ1n) is 7.31. The molecule has 140 valence electrons. The summed E-state index contributed by atoms with van der Waals surface area (Å²) in [5.74, 6) is -2.89. The van der Waals surface area contributed by atoms with Gasteiger partial charge in [-0.25, -0.2) is 4.79 Å². The molecule has 1 aromatic heterocycles. The molecule has 0 fully saturated rings. The van der Waals surface area contributed by atoms with E-state index in [-0.39, 0.29) is 5.82 Å². The number of carbonyl (C=O) groups is 1. The summed E-state index contributed by atoms with van der Waals surface area (Å²) in [6.45, 7) is 0.651. The molecule has 1 aliphatic rings. The summed E-state index contributed by atoms with van der Waals surface area (Å²) in [7, 11) is 0. The van der Waals surface area contributed by atoms with Crippen molar-refractivity contribution >= 4 is 11.8 Å². The summed E-state index contributed by atoms with van der Waals surface area (Å²) in [6, 6.07) is 1.43. The molecule has 0 saturated heterocycles. The standard InChI is InChI=1S/C14H17N5O7/c1-6(20)9(17)12(23)25-4-7-10(21)11(22)14(5-15,26-7)19-3-2-8(16)18-13(19)24/h2-3,6-7,9,20-22H,4,17H2,1H3,(H2,16,18,24)/t6?,7-,9-,14?/m1/s1. The predicted octanol–water partition coefficient (Wildman–Crippen LogP) is -2.02. The van der Waals surface area contributed by atoms with Gasteiger partial charge in [-0.1, -0.05) is 0 Å². The van der Waals surface area contributed by atoms with E-state index in [9.17, 15) is 30.2 Å². The zero-order valence-corrected chi connectivity index (χ0v) is 13.6. The van der Waals surface area contributed by atoms with E-state index >= 15 is 0 Å². The average Bonchev–Trinajstić information content (AvgIpc) is 2.84. The van der Waals surface area contributed by atoms with Crippen molar-refractivity contribution in [2.45, 2.75) is 30.9 Å². The molecule has 2 rings (SSSR count). The first-order valence-corrected chi connectivity index (χ1v) is 7.31. The van der Waals surface area contributed by atoms with Gasteiger partial charge in [-0.2, -0.15) is 10.2 Å². The lowest BCUT2D eigenvalue weighted by Crippen LogP contribution is -2.44. The highest BCUT2D eigenvalue weighted by Crippen LogP contribution is 2.36. The topological polar surface area (TPSA) is 207 Å². The summed E-state index contributed by atoms with van der Waals surface area (Å²) in [5, 5.41) is 38.9. The number of ether oxygens (including phenoxy) is 2. The van der Waals surface area contributed by atoms with Gasteiger partial charge in [0, 0.05) is 6.20 Å². The van der Waals surface area contributed by atoms with Crippen molar-refractivity contribution in [3.63, 3.8) is 0 Å². The van der Waals surface area contributed by atoms with E-state index in [1.54, 1.807) is 6.07 Å². The zero-order chi connectivity index (χ0) is 19.6.